The van der Waals surface area contributed by atoms with E-state index in [0.29, 0.717) is 16.8 Å². The largest absolute Gasteiger partial charge is 0.411 e. The first-order chi connectivity index (χ1) is 16.9. The highest BCUT2D eigenvalue weighted by Crippen LogP contribution is 2.21. The zero-order chi connectivity index (χ0) is 24.7. The monoisotopic (exact) mass is 483 g/mol. The molecule has 1 fully saturated rings. The van der Waals surface area contributed by atoms with Gasteiger partial charge in [0.05, 0.1) is 6.61 Å². The number of ether oxygens (including phenoxy) is 1. The summed E-state index contributed by atoms with van der Waals surface area (Å²) in [6.45, 7) is 3.36. The van der Waals surface area contributed by atoms with E-state index in [0.717, 1.165) is 38.4 Å². The van der Waals surface area contributed by atoms with Crippen LogP contribution in [0.15, 0.2) is 78.9 Å². The van der Waals surface area contributed by atoms with Crippen molar-refractivity contribution in [3.05, 3.63) is 95.6 Å². The Hall–Kier alpha value is -3.36. The van der Waals surface area contributed by atoms with E-state index in [9.17, 15) is 18.0 Å². The summed E-state index contributed by atoms with van der Waals surface area (Å²) in [5.74, 6) is -0.282. The zero-order valence-electron chi connectivity index (χ0n) is 19.3. The van der Waals surface area contributed by atoms with Crippen LogP contribution in [0.2, 0.25) is 0 Å². The number of hydrogen-bond donors (Lipinski definition) is 1. The topological polar surface area (TPSA) is 44.8 Å². The van der Waals surface area contributed by atoms with Crippen LogP contribution >= 0.6 is 0 Å². The fourth-order valence-corrected chi connectivity index (χ4v) is 4.00. The van der Waals surface area contributed by atoms with Crippen molar-refractivity contribution in [1.29, 1.82) is 0 Å². The lowest BCUT2D eigenvalue weighted by molar-refractivity contribution is -0.176. The Morgan fingerprint density at radius 3 is 2.11 bits per heavy atom. The van der Waals surface area contributed by atoms with E-state index in [1.807, 2.05) is 30.3 Å². The number of halogens is 3. The fourth-order valence-electron chi connectivity index (χ4n) is 4.00. The van der Waals surface area contributed by atoms with Gasteiger partial charge in [-0.15, -0.1) is 0 Å². The van der Waals surface area contributed by atoms with Gasteiger partial charge < -0.3 is 15.0 Å². The molecule has 3 aromatic rings. The number of carbonyl (C=O) groups excluding carboxylic acids is 1. The summed E-state index contributed by atoms with van der Waals surface area (Å²) in [5.41, 5.74) is 4.11. The summed E-state index contributed by atoms with van der Waals surface area (Å²) in [7, 11) is 0. The molecule has 3 aromatic carbocycles. The molecule has 1 heterocycles. The first-order valence-electron chi connectivity index (χ1n) is 11.5. The van der Waals surface area contributed by atoms with Gasteiger partial charge in [0.15, 0.2) is 0 Å². The Labute approximate surface area is 203 Å². The summed E-state index contributed by atoms with van der Waals surface area (Å²) in [4.78, 5) is 17.3. The van der Waals surface area contributed by atoms with Crippen molar-refractivity contribution in [2.45, 2.75) is 19.3 Å². The third-order valence-electron chi connectivity index (χ3n) is 5.86. The molecule has 1 N–H and O–H groups in total. The van der Waals surface area contributed by atoms with Gasteiger partial charge in [0, 0.05) is 49.7 Å². The lowest BCUT2D eigenvalue weighted by atomic mass is 10.1. The molecule has 184 valence electrons. The lowest BCUT2D eigenvalue weighted by Gasteiger charge is -2.36. The molecule has 0 aliphatic carbocycles. The van der Waals surface area contributed by atoms with Gasteiger partial charge in [-0.1, -0.05) is 42.5 Å². The minimum atomic E-state index is -4.36. The third-order valence-corrected chi connectivity index (χ3v) is 5.86. The summed E-state index contributed by atoms with van der Waals surface area (Å²) in [6.07, 6.45) is -4.36. The first kappa shape index (κ1) is 24.8. The van der Waals surface area contributed by atoms with Gasteiger partial charge in [0.2, 0.25) is 0 Å². The predicted molar refractivity (Wildman–Crippen MR) is 130 cm³/mol. The van der Waals surface area contributed by atoms with Crippen molar-refractivity contribution in [3.8, 4) is 0 Å². The van der Waals surface area contributed by atoms with Crippen LogP contribution in [0, 0.1) is 0 Å². The number of nitrogens with zero attached hydrogens (tertiary/aromatic N) is 2. The van der Waals surface area contributed by atoms with Gasteiger partial charge in [-0.3, -0.25) is 9.69 Å². The van der Waals surface area contributed by atoms with Gasteiger partial charge in [0.25, 0.3) is 5.91 Å². The Balaban J connectivity index is 1.24. The van der Waals surface area contributed by atoms with Crippen LogP contribution in [0.3, 0.4) is 0 Å². The molecule has 1 saturated heterocycles. The summed E-state index contributed by atoms with van der Waals surface area (Å²) >= 11 is 0. The Bertz CT molecular complexity index is 1080. The summed E-state index contributed by atoms with van der Waals surface area (Å²) in [5, 5.41) is 2.86. The van der Waals surface area contributed by atoms with Crippen LogP contribution in [0.1, 0.15) is 21.5 Å². The number of alkyl halides is 3. The molecule has 8 heteroatoms. The SMILES string of the molecule is O=C(Nc1ccc(N2CCN(Cc3ccccc3)CC2)cc1)c1ccc(COCC(F)(F)F)cc1. The van der Waals surface area contributed by atoms with Gasteiger partial charge in [0.1, 0.15) is 6.61 Å². The molecular formula is C27H28F3N3O2. The second kappa shape index (κ2) is 11.4. The molecule has 0 radical (unpaired) electrons. The highest BCUT2D eigenvalue weighted by Gasteiger charge is 2.27. The number of anilines is 2. The molecule has 0 bridgehead atoms. The van der Waals surface area contributed by atoms with Crippen LogP contribution in [0.5, 0.6) is 0 Å². The number of amides is 1. The minimum Gasteiger partial charge on any atom is -0.369 e. The second-order valence-electron chi connectivity index (χ2n) is 8.55. The van der Waals surface area contributed by atoms with Crippen LogP contribution in [0.4, 0.5) is 24.5 Å². The van der Waals surface area contributed by atoms with E-state index < -0.39 is 12.8 Å². The molecule has 4 rings (SSSR count). The average molecular weight is 484 g/mol. The summed E-state index contributed by atoms with van der Waals surface area (Å²) < 4.78 is 41.2. The number of hydrogen-bond acceptors (Lipinski definition) is 4. The quantitative estimate of drug-likeness (QED) is 0.470. The van der Waals surface area contributed by atoms with E-state index >= 15 is 0 Å². The van der Waals surface area contributed by atoms with E-state index in [1.165, 1.54) is 5.56 Å². The molecule has 1 aliphatic heterocycles. The molecule has 1 aliphatic rings. The maximum atomic E-state index is 12.5. The molecule has 0 unspecified atom stereocenters. The van der Waals surface area contributed by atoms with Crippen molar-refractivity contribution >= 4 is 17.3 Å². The normalized spacial score (nSPS) is 14.7. The van der Waals surface area contributed by atoms with Crippen molar-refractivity contribution in [2.24, 2.45) is 0 Å². The molecule has 0 saturated carbocycles. The van der Waals surface area contributed by atoms with E-state index in [1.54, 1.807) is 24.3 Å². The molecule has 5 nitrogen and oxygen atoms in total. The molecule has 0 aromatic heterocycles. The van der Waals surface area contributed by atoms with Crippen molar-refractivity contribution in [2.75, 3.05) is 43.0 Å². The maximum absolute atomic E-state index is 12.5. The maximum Gasteiger partial charge on any atom is 0.411 e. The van der Waals surface area contributed by atoms with Crippen LogP contribution in [-0.4, -0.2) is 49.8 Å². The smallest absolute Gasteiger partial charge is 0.369 e. The van der Waals surface area contributed by atoms with Gasteiger partial charge >= 0.3 is 6.18 Å². The standard InChI is InChI=1S/C27H28F3N3O2/c28-27(29,30)20-35-19-22-6-8-23(9-7-22)26(34)31-24-10-12-25(13-11-24)33-16-14-32(15-17-33)18-21-4-2-1-3-5-21/h1-13H,14-20H2,(H,31,34). The molecule has 0 spiro atoms. The lowest BCUT2D eigenvalue weighted by Crippen LogP contribution is -2.45. The molecular weight excluding hydrogens is 455 g/mol. The number of piperazine rings is 1. The Morgan fingerprint density at radius 1 is 0.829 bits per heavy atom. The average Bonchev–Trinajstić information content (AvgIpc) is 2.85. The number of rotatable bonds is 8. The predicted octanol–water partition coefficient (Wildman–Crippen LogP) is 5.34. The van der Waals surface area contributed by atoms with Crippen molar-refractivity contribution < 1.29 is 22.7 Å². The zero-order valence-corrected chi connectivity index (χ0v) is 19.3. The second-order valence-corrected chi connectivity index (χ2v) is 8.55. The number of nitrogens with one attached hydrogen (secondary N) is 1. The van der Waals surface area contributed by atoms with Crippen molar-refractivity contribution in [3.63, 3.8) is 0 Å². The van der Waals surface area contributed by atoms with Crippen LogP contribution in [0.25, 0.3) is 0 Å². The van der Waals surface area contributed by atoms with Crippen LogP contribution in [-0.2, 0) is 17.9 Å². The molecule has 35 heavy (non-hydrogen) atoms. The Kier molecular flexibility index (Phi) is 8.05. The highest BCUT2D eigenvalue weighted by atomic mass is 19.4. The van der Waals surface area contributed by atoms with Crippen molar-refractivity contribution in [1.82, 2.24) is 4.90 Å². The third kappa shape index (κ3) is 7.56. The van der Waals surface area contributed by atoms with Gasteiger partial charge in [-0.25, -0.2) is 0 Å². The highest BCUT2D eigenvalue weighted by molar-refractivity contribution is 6.04. The first-order valence-corrected chi connectivity index (χ1v) is 11.5. The minimum absolute atomic E-state index is 0.163. The Morgan fingerprint density at radius 2 is 1.49 bits per heavy atom. The van der Waals surface area contributed by atoms with Gasteiger partial charge in [-0.05, 0) is 47.5 Å². The molecule has 1 amide bonds. The fraction of sp³-hybridized carbons (Fsp3) is 0.296. The van der Waals surface area contributed by atoms with Gasteiger partial charge in [-0.2, -0.15) is 13.2 Å². The molecule has 0 atom stereocenters. The van der Waals surface area contributed by atoms with Crippen LogP contribution < -0.4 is 10.2 Å². The van der Waals surface area contributed by atoms with E-state index in [4.69, 9.17) is 0 Å². The number of benzene rings is 3. The number of carbonyl (C=O) groups is 1. The summed E-state index contributed by atoms with van der Waals surface area (Å²) in [6, 6.07) is 24.6. The van der Waals surface area contributed by atoms with E-state index in [-0.39, 0.29) is 12.5 Å². The van der Waals surface area contributed by atoms with E-state index in [2.05, 4.69) is 44.1 Å².